The van der Waals surface area contributed by atoms with Crippen molar-refractivity contribution in [2.75, 3.05) is 9.80 Å². The minimum atomic E-state index is -0.189. The Bertz CT molecular complexity index is 1650. The molecule has 0 N–H and O–H groups in total. The smallest absolute Gasteiger partial charge is 0.164 e. The van der Waals surface area contributed by atoms with Crippen LogP contribution in [0, 0.1) is 0 Å². The number of amidine groups is 2. The van der Waals surface area contributed by atoms with E-state index in [0.29, 0.717) is 17.5 Å². The Morgan fingerprint density at radius 2 is 0.750 bits per heavy atom. The van der Waals surface area contributed by atoms with E-state index in [9.17, 15) is 0 Å². The van der Waals surface area contributed by atoms with Crippen LogP contribution in [-0.4, -0.2) is 48.8 Å². The van der Waals surface area contributed by atoms with E-state index in [1.807, 2.05) is 30.3 Å². The Morgan fingerprint density at radius 3 is 1.05 bits per heavy atom. The lowest BCUT2D eigenvalue weighted by molar-refractivity contribution is 0.338. The molecule has 0 unspecified atom stereocenters. The van der Waals surface area contributed by atoms with Crippen molar-refractivity contribution in [2.45, 2.75) is 91.4 Å². The monoisotopic (exact) mass is 585 g/mol. The highest BCUT2D eigenvalue weighted by Gasteiger charge is 2.49. The normalized spacial score (nSPS) is 19.6. The van der Waals surface area contributed by atoms with E-state index in [-0.39, 0.29) is 22.2 Å². The highest BCUT2D eigenvalue weighted by atomic mass is 15.3. The summed E-state index contributed by atoms with van der Waals surface area (Å²) < 4.78 is 0. The second-order valence-corrected chi connectivity index (χ2v) is 14.0. The van der Waals surface area contributed by atoms with Gasteiger partial charge in [0.05, 0.1) is 22.2 Å². The molecule has 3 aromatic carbocycles. The number of hydrogen-bond acceptors (Lipinski definition) is 7. The van der Waals surface area contributed by atoms with Crippen LogP contribution in [0.4, 0.5) is 11.4 Å². The Hall–Kier alpha value is -4.39. The minimum Gasteiger partial charge on any atom is -0.322 e. The van der Waals surface area contributed by atoms with Gasteiger partial charge in [0.25, 0.3) is 0 Å². The molecule has 0 fully saturated rings. The molecule has 0 aliphatic carbocycles. The number of anilines is 2. The summed E-state index contributed by atoms with van der Waals surface area (Å²) >= 11 is 0. The lowest BCUT2D eigenvalue weighted by atomic mass is 9.83. The first-order valence-corrected chi connectivity index (χ1v) is 15.4. The largest absolute Gasteiger partial charge is 0.322 e. The van der Waals surface area contributed by atoms with Crippen LogP contribution in [-0.2, 0) is 0 Å². The van der Waals surface area contributed by atoms with Gasteiger partial charge in [0, 0.05) is 28.1 Å². The Morgan fingerprint density at radius 1 is 0.432 bits per heavy atom. The molecular formula is C37H43N7. The summed E-state index contributed by atoms with van der Waals surface area (Å²) in [5.74, 6) is 3.97. The van der Waals surface area contributed by atoms with Crippen LogP contribution in [0.25, 0.3) is 34.2 Å². The van der Waals surface area contributed by atoms with Gasteiger partial charge in [-0.2, -0.15) is 0 Å². The first-order valence-electron chi connectivity index (χ1n) is 15.4. The molecule has 226 valence electrons. The van der Waals surface area contributed by atoms with E-state index in [4.69, 9.17) is 24.9 Å². The van der Waals surface area contributed by atoms with Crippen molar-refractivity contribution < 1.29 is 0 Å². The van der Waals surface area contributed by atoms with Crippen LogP contribution in [0.15, 0.2) is 88.8 Å². The Balaban J connectivity index is 1.38. The minimum absolute atomic E-state index is 0.157. The lowest BCUT2D eigenvalue weighted by Gasteiger charge is -2.41. The van der Waals surface area contributed by atoms with Crippen LogP contribution in [0.5, 0.6) is 0 Å². The van der Waals surface area contributed by atoms with Gasteiger partial charge >= 0.3 is 0 Å². The summed E-state index contributed by atoms with van der Waals surface area (Å²) in [6.07, 6.45) is 0. The van der Waals surface area contributed by atoms with Gasteiger partial charge in [0.2, 0.25) is 0 Å². The van der Waals surface area contributed by atoms with Crippen molar-refractivity contribution in [2.24, 2.45) is 9.98 Å². The van der Waals surface area contributed by atoms with Crippen molar-refractivity contribution in [3.05, 3.63) is 78.9 Å². The topological polar surface area (TPSA) is 69.9 Å². The maximum Gasteiger partial charge on any atom is 0.164 e. The van der Waals surface area contributed by atoms with Gasteiger partial charge in [-0.25, -0.2) is 15.0 Å². The molecule has 0 atom stereocenters. The lowest BCUT2D eigenvalue weighted by Crippen LogP contribution is -2.52. The molecule has 1 aromatic heterocycles. The fraction of sp³-hybridized carbons (Fsp3) is 0.378. The van der Waals surface area contributed by atoms with Gasteiger partial charge in [0.1, 0.15) is 11.7 Å². The average molecular weight is 586 g/mol. The third-order valence-electron chi connectivity index (χ3n) is 10.1. The molecule has 7 heteroatoms. The zero-order valence-corrected chi connectivity index (χ0v) is 27.6. The predicted octanol–water partition coefficient (Wildman–Crippen LogP) is 8.46. The van der Waals surface area contributed by atoms with E-state index < -0.39 is 0 Å². The summed E-state index contributed by atoms with van der Waals surface area (Å²) in [5.41, 5.74) is 4.33. The van der Waals surface area contributed by atoms with Crippen molar-refractivity contribution in [1.82, 2.24) is 15.0 Å². The van der Waals surface area contributed by atoms with Gasteiger partial charge in [-0.3, -0.25) is 9.98 Å². The van der Waals surface area contributed by atoms with Crippen LogP contribution in [0.1, 0.15) is 69.2 Å². The molecule has 0 radical (unpaired) electrons. The first-order chi connectivity index (χ1) is 20.6. The molecule has 0 saturated heterocycles. The number of nitrogens with zero attached hydrogens (tertiary/aromatic N) is 7. The van der Waals surface area contributed by atoms with E-state index in [1.165, 1.54) is 0 Å². The predicted molar refractivity (Wildman–Crippen MR) is 184 cm³/mol. The Kier molecular flexibility index (Phi) is 6.80. The van der Waals surface area contributed by atoms with Gasteiger partial charge in [-0.15, -0.1) is 0 Å². The van der Waals surface area contributed by atoms with Gasteiger partial charge < -0.3 is 9.80 Å². The van der Waals surface area contributed by atoms with Crippen molar-refractivity contribution in [1.29, 1.82) is 0 Å². The average Bonchev–Trinajstić information content (AvgIpc) is 3.25. The molecule has 7 nitrogen and oxygen atoms in total. The number of rotatable bonds is 5. The molecule has 44 heavy (non-hydrogen) atoms. The number of aromatic nitrogens is 3. The fourth-order valence-corrected chi connectivity index (χ4v) is 6.43. The zero-order chi connectivity index (χ0) is 31.7. The maximum absolute atomic E-state index is 4.99. The maximum atomic E-state index is 4.99. The summed E-state index contributed by atoms with van der Waals surface area (Å²) in [7, 11) is 0. The molecule has 2 aliphatic heterocycles. The summed E-state index contributed by atoms with van der Waals surface area (Å²) in [5, 5.41) is 0. The third kappa shape index (κ3) is 4.70. The molecule has 0 amide bonds. The van der Waals surface area contributed by atoms with Crippen LogP contribution in [0.2, 0.25) is 0 Å². The molecule has 0 saturated carbocycles. The van der Waals surface area contributed by atoms with Crippen molar-refractivity contribution >= 4 is 23.0 Å². The molecule has 2 aliphatic rings. The highest BCUT2D eigenvalue weighted by molar-refractivity contribution is 6.01. The van der Waals surface area contributed by atoms with E-state index in [0.717, 1.165) is 39.7 Å². The quantitative estimate of drug-likeness (QED) is 0.235. The zero-order valence-electron chi connectivity index (χ0n) is 27.6. The SMILES string of the molecule is CC1=NC(C)(C)C(C)(C)N1c1ccc(-c2nc(-c3ccccc3)nc(-c3ccc(N4C(C)=NC(C)(C)C4(C)C)cc3)n2)cc1. The molecule has 0 spiro atoms. The van der Waals surface area contributed by atoms with Crippen LogP contribution in [0.3, 0.4) is 0 Å². The van der Waals surface area contributed by atoms with Crippen molar-refractivity contribution in [3.8, 4) is 34.2 Å². The third-order valence-corrected chi connectivity index (χ3v) is 10.1. The van der Waals surface area contributed by atoms with Gasteiger partial charge in [0.15, 0.2) is 17.5 Å². The second kappa shape index (κ2) is 10.1. The molecule has 3 heterocycles. The van der Waals surface area contributed by atoms with Crippen molar-refractivity contribution in [3.63, 3.8) is 0 Å². The molecular weight excluding hydrogens is 542 g/mol. The number of benzene rings is 3. The number of hydrogen-bond donors (Lipinski definition) is 0. The first kappa shape index (κ1) is 29.7. The molecule has 6 rings (SSSR count). The van der Waals surface area contributed by atoms with E-state index in [1.54, 1.807) is 0 Å². The Labute approximate surface area is 261 Å². The van der Waals surface area contributed by atoms with Gasteiger partial charge in [-0.05, 0) is 118 Å². The summed E-state index contributed by atoms with van der Waals surface area (Å²) in [4.78, 5) is 29.4. The summed E-state index contributed by atoms with van der Waals surface area (Å²) in [6.45, 7) is 21.9. The van der Waals surface area contributed by atoms with E-state index >= 15 is 0 Å². The molecule has 0 bridgehead atoms. The summed E-state index contributed by atoms with van der Waals surface area (Å²) in [6, 6.07) is 27.0. The molecule has 4 aromatic rings. The fourth-order valence-electron chi connectivity index (χ4n) is 6.43. The standard InChI is InChI=1S/C37H43N7/c1-24-41-34(3,4)36(7,8)43(24)29-20-16-27(17-21-29)32-38-31(26-14-12-11-13-15-26)39-33(40-32)28-18-22-30(23-19-28)44-25(2)42-35(5,6)37(44,9)10/h11-23H,1-10H3. The highest BCUT2D eigenvalue weighted by Crippen LogP contribution is 2.42. The number of aliphatic imine (C=N–C) groups is 2. The van der Waals surface area contributed by atoms with Crippen LogP contribution >= 0.6 is 0 Å². The van der Waals surface area contributed by atoms with Crippen LogP contribution < -0.4 is 9.80 Å². The second-order valence-electron chi connectivity index (χ2n) is 14.0. The van der Waals surface area contributed by atoms with E-state index in [2.05, 4.69) is 128 Å². The van der Waals surface area contributed by atoms with Gasteiger partial charge in [-0.1, -0.05) is 30.3 Å².